The fraction of sp³-hybridized carbons (Fsp3) is 0.462. The lowest BCUT2D eigenvalue weighted by Crippen LogP contribution is -2.56. The molecule has 96 valence electrons. The lowest BCUT2D eigenvalue weighted by molar-refractivity contribution is -0.605. The molecule has 1 saturated carbocycles. The van der Waals surface area contributed by atoms with Crippen LogP contribution in [0.5, 0.6) is 0 Å². The van der Waals surface area contributed by atoms with Gasteiger partial charge in [0.1, 0.15) is 0 Å². The fourth-order valence-electron chi connectivity index (χ4n) is 3.04. The zero-order chi connectivity index (χ0) is 13.6. The van der Waals surface area contributed by atoms with Gasteiger partial charge in [-0.1, -0.05) is 37.3 Å². The third-order valence-corrected chi connectivity index (χ3v) is 3.99. The van der Waals surface area contributed by atoms with Crippen LogP contribution in [0, 0.1) is 16.0 Å². The van der Waals surface area contributed by atoms with E-state index >= 15 is 0 Å². The highest BCUT2D eigenvalue weighted by atomic mass is 16.6. The third-order valence-electron chi connectivity index (χ3n) is 3.99. The van der Waals surface area contributed by atoms with Crippen LogP contribution in [0.4, 0.5) is 0 Å². The van der Waals surface area contributed by atoms with Crippen molar-refractivity contribution in [1.29, 1.82) is 0 Å². The molecule has 2 rings (SSSR count). The Balaban J connectivity index is 2.73. The first-order valence-corrected chi connectivity index (χ1v) is 5.80. The van der Waals surface area contributed by atoms with Crippen LogP contribution in [0.15, 0.2) is 30.3 Å². The molecule has 0 heterocycles. The molecule has 0 bridgehead atoms. The molecular weight excluding hydrogens is 234 g/mol. The van der Waals surface area contributed by atoms with Crippen LogP contribution in [0.3, 0.4) is 0 Å². The quantitative estimate of drug-likeness (QED) is 0.636. The van der Waals surface area contributed by atoms with Crippen molar-refractivity contribution >= 4 is 5.78 Å². The molecule has 5 nitrogen and oxygen atoms in total. The van der Waals surface area contributed by atoms with E-state index in [9.17, 15) is 20.0 Å². The van der Waals surface area contributed by atoms with Crippen LogP contribution in [0.1, 0.15) is 25.8 Å². The van der Waals surface area contributed by atoms with Gasteiger partial charge in [-0.3, -0.25) is 14.9 Å². The molecule has 1 aliphatic carbocycles. The lowest BCUT2D eigenvalue weighted by atomic mass is 9.74. The van der Waals surface area contributed by atoms with Gasteiger partial charge in [-0.05, 0) is 6.92 Å². The Labute approximate surface area is 105 Å². The number of aliphatic hydroxyl groups is 1. The monoisotopic (exact) mass is 249 g/mol. The number of hydrogen-bond donors (Lipinski definition) is 1. The van der Waals surface area contributed by atoms with E-state index in [1.807, 2.05) is 0 Å². The van der Waals surface area contributed by atoms with Crippen LogP contribution in [0.25, 0.3) is 0 Å². The molecule has 0 aromatic heterocycles. The van der Waals surface area contributed by atoms with E-state index in [0.29, 0.717) is 5.56 Å². The van der Waals surface area contributed by atoms with Crippen LogP contribution in [0.2, 0.25) is 0 Å². The largest absolute Gasteiger partial charge is 0.375 e. The highest BCUT2D eigenvalue weighted by Crippen LogP contribution is 2.50. The predicted octanol–water partition coefficient (Wildman–Crippen LogP) is 1.52. The molecule has 0 spiro atoms. The second-order valence-electron chi connectivity index (χ2n) is 4.99. The van der Waals surface area contributed by atoms with Gasteiger partial charge in [0.25, 0.3) is 5.54 Å². The summed E-state index contributed by atoms with van der Waals surface area (Å²) in [7, 11) is 0. The number of hydrogen-bond acceptors (Lipinski definition) is 4. The Hall–Kier alpha value is -1.75. The highest BCUT2D eigenvalue weighted by molar-refractivity contribution is 5.91. The standard InChI is InChI=1S/C13H15NO4/c1-9-8-11(15)12(2,16)13(9,14(17)18)10-6-4-3-5-7-10/h3-7,9,16H,8H2,1-2H3. The summed E-state index contributed by atoms with van der Waals surface area (Å²) in [5.74, 6) is -1.02. The van der Waals surface area contributed by atoms with E-state index in [0.717, 1.165) is 0 Å². The average molecular weight is 249 g/mol. The first-order valence-electron chi connectivity index (χ1n) is 5.80. The smallest absolute Gasteiger partial charge is 0.284 e. The Morgan fingerprint density at radius 2 is 1.94 bits per heavy atom. The molecule has 1 aromatic rings. The van der Waals surface area contributed by atoms with Crippen molar-refractivity contribution in [3.8, 4) is 0 Å². The third kappa shape index (κ3) is 1.34. The van der Waals surface area contributed by atoms with E-state index < -0.39 is 27.8 Å². The summed E-state index contributed by atoms with van der Waals surface area (Å²) >= 11 is 0. The number of carbonyl (C=O) groups is 1. The molecule has 0 radical (unpaired) electrons. The van der Waals surface area contributed by atoms with Crippen molar-refractivity contribution in [1.82, 2.24) is 0 Å². The van der Waals surface area contributed by atoms with Crippen LogP contribution in [-0.4, -0.2) is 21.4 Å². The van der Waals surface area contributed by atoms with Crippen molar-refractivity contribution in [2.75, 3.05) is 0 Å². The van der Waals surface area contributed by atoms with Crippen molar-refractivity contribution in [2.24, 2.45) is 5.92 Å². The van der Waals surface area contributed by atoms with Gasteiger partial charge in [-0.15, -0.1) is 0 Å². The molecule has 0 saturated heterocycles. The van der Waals surface area contributed by atoms with E-state index in [2.05, 4.69) is 0 Å². The van der Waals surface area contributed by atoms with Crippen LogP contribution >= 0.6 is 0 Å². The molecule has 1 aliphatic rings. The number of nitro groups is 1. The van der Waals surface area contributed by atoms with Crippen molar-refractivity contribution in [2.45, 2.75) is 31.4 Å². The lowest BCUT2D eigenvalue weighted by Gasteiger charge is -2.33. The molecular formula is C13H15NO4. The Kier molecular flexibility index (Phi) is 2.74. The molecule has 0 aliphatic heterocycles. The summed E-state index contributed by atoms with van der Waals surface area (Å²) in [6.07, 6.45) is 0.0167. The fourth-order valence-corrected chi connectivity index (χ4v) is 3.04. The Morgan fingerprint density at radius 1 is 1.39 bits per heavy atom. The first kappa shape index (κ1) is 12.7. The van der Waals surface area contributed by atoms with Gasteiger partial charge in [0, 0.05) is 22.8 Å². The summed E-state index contributed by atoms with van der Waals surface area (Å²) in [5, 5.41) is 22.0. The van der Waals surface area contributed by atoms with Crippen LogP contribution < -0.4 is 0 Å². The molecule has 3 unspecified atom stereocenters. The van der Waals surface area contributed by atoms with Gasteiger partial charge < -0.3 is 5.11 Å². The minimum Gasteiger partial charge on any atom is -0.375 e. The van der Waals surface area contributed by atoms with E-state index in [-0.39, 0.29) is 6.42 Å². The zero-order valence-electron chi connectivity index (χ0n) is 10.3. The molecule has 5 heteroatoms. The zero-order valence-corrected chi connectivity index (χ0v) is 10.3. The van der Waals surface area contributed by atoms with E-state index in [4.69, 9.17) is 0 Å². The molecule has 18 heavy (non-hydrogen) atoms. The summed E-state index contributed by atoms with van der Waals surface area (Å²) in [6.45, 7) is 2.88. The molecule has 1 fully saturated rings. The molecule has 3 atom stereocenters. The summed E-state index contributed by atoms with van der Waals surface area (Å²) in [4.78, 5) is 22.9. The average Bonchev–Trinajstić information content (AvgIpc) is 2.47. The van der Waals surface area contributed by atoms with E-state index in [1.165, 1.54) is 6.92 Å². The predicted molar refractivity (Wildman–Crippen MR) is 64.5 cm³/mol. The number of nitrogens with zero attached hydrogens (tertiary/aromatic N) is 1. The maximum Gasteiger partial charge on any atom is 0.284 e. The summed E-state index contributed by atoms with van der Waals surface area (Å²) in [5.41, 5.74) is -3.36. The minimum atomic E-state index is -1.97. The maximum absolute atomic E-state index is 11.8. The van der Waals surface area contributed by atoms with Crippen LogP contribution in [-0.2, 0) is 10.3 Å². The SMILES string of the molecule is CC1CC(=O)C(C)(O)C1(c1ccccc1)[N+](=O)[O-]. The number of Topliss-reactive ketones (excluding diaryl/α,β-unsaturated/α-hetero) is 1. The number of benzene rings is 1. The first-order chi connectivity index (χ1) is 8.35. The van der Waals surface area contributed by atoms with Gasteiger partial charge in [0.2, 0.25) is 0 Å². The van der Waals surface area contributed by atoms with Gasteiger partial charge in [0.15, 0.2) is 11.4 Å². The number of carbonyl (C=O) groups excluding carboxylic acids is 1. The van der Waals surface area contributed by atoms with Crippen molar-refractivity contribution in [3.05, 3.63) is 46.0 Å². The minimum absolute atomic E-state index is 0.0167. The topological polar surface area (TPSA) is 80.4 Å². The highest BCUT2D eigenvalue weighted by Gasteiger charge is 2.71. The second-order valence-corrected chi connectivity index (χ2v) is 4.99. The van der Waals surface area contributed by atoms with Gasteiger partial charge in [0.05, 0.1) is 0 Å². The Bertz CT molecular complexity index is 497. The summed E-state index contributed by atoms with van der Waals surface area (Å²) in [6, 6.07) is 8.27. The second kappa shape index (κ2) is 3.88. The van der Waals surface area contributed by atoms with Gasteiger partial charge >= 0.3 is 0 Å². The van der Waals surface area contributed by atoms with Gasteiger partial charge in [-0.25, -0.2) is 0 Å². The number of ketones is 1. The normalized spacial score (nSPS) is 35.7. The molecule has 1 N–H and O–H groups in total. The van der Waals surface area contributed by atoms with Crippen molar-refractivity contribution in [3.63, 3.8) is 0 Å². The van der Waals surface area contributed by atoms with Crippen molar-refractivity contribution < 1.29 is 14.8 Å². The van der Waals surface area contributed by atoms with E-state index in [1.54, 1.807) is 37.3 Å². The molecule has 1 aromatic carbocycles. The molecule has 0 amide bonds. The Morgan fingerprint density at radius 3 is 2.33 bits per heavy atom. The van der Waals surface area contributed by atoms with Gasteiger partial charge in [-0.2, -0.15) is 0 Å². The summed E-state index contributed by atoms with van der Waals surface area (Å²) < 4.78 is 0. The number of rotatable bonds is 2. The maximum atomic E-state index is 11.8.